The fourth-order valence-electron chi connectivity index (χ4n) is 4.78. The van der Waals surface area contributed by atoms with Crippen LogP contribution in [0.4, 0.5) is 24.7 Å². The summed E-state index contributed by atoms with van der Waals surface area (Å²) in [6.45, 7) is 6.39. The number of benzene rings is 1. The van der Waals surface area contributed by atoms with Gasteiger partial charge in [-0.25, -0.2) is 23.1 Å². The van der Waals surface area contributed by atoms with Gasteiger partial charge in [-0.15, -0.1) is 0 Å². The summed E-state index contributed by atoms with van der Waals surface area (Å²) in [5.41, 5.74) is 1.58. The molecule has 10 heteroatoms. The number of fused-ring (bicyclic) bond motifs is 3. The van der Waals surface area contributed by atoms with Gasteiger partial charge in [0.25, 0.3) is 6.43 Å². The van der Waals surface area contributed by atoms with Crippen LogP contribution in [0.3, 0.4) is 0 Å². The number of aryl methyl sites for hydroxylation is 1. The third kappa shape index (κ3) is 4.00. The predicted octanol–water partition coefficient (Wildman–Crippen LogP) is 3.82. The molecule has 4 aliphatic heterocycles. The monoisotopic (exact) mass is 472 g/mol. The molecule has 0 aromatic heterocycles. The molecule has 0 aliphatic carbocycles. The second-order valence-electron chi connectivity index (χ2n) is 8.86. The molecule has 1 atom stereocenters. The van der Waals surface area contributed by atoms with Crippen molar-refractivity contribution in [1.29, 1.82) is 0 Å². The first-order valence-corrected chi connectivity index (χ1v) is 11.5. The molecule has 0 saturated carbocycles. The first-order chi connectivity index (χ1) is 16.3. The highest BCUT2D eigenvalue weighted by atomic mass is 19.3. The zero-order chi connectivity index (χ0) is 24.0. The number of aromatic nitrogens is 3. The van der Waals surface area contributed by atoms with Gasteiger partial charge in [0.2, 0.25) is 0 Å². The smallest absolute Gasteiger partial charge is 0.266 e. The van der Waals surface area contributed by atoms with Crippen molar-refractivity contribution in [1.82, 2.24) is 14.5 Å². The molecule has 0 unspecified atom stereocenters. The lowest BCUT2D eigenvalue weighted by molar-refractivity contribution is 0.145. The number of rotatable bonds is 4. The standard InChI is InChI=1S/C24H27F3N6O/c1-13(16-4-3-5-17(20(16)25)21(26)27)29-22-18-12-19(32-9-6-15(34)7-10-32)24-28-8-11-33(24)23(18)31-14(2)30-22/h3-5,12-13,15,21,28,34H,6-11H2,1-2H3/t13-/m1/s1. The molecule has 1 aromatic rings. The van der Waals surface area contributed by atoms with Crippen LogP contribution in [0.15, 0.2) is 29.3 Å². The van der Waals surface area contributed by atoms with E-state index in [2.05, 4.69) is 29.7 Å². The number of nitrogens with zero attached hydrogens (tertiary/aromatic N) is 5. The van der Waals surface area contributed by atoms with Crippen molar-refractivity contribution >= 4 is 11.5 Å². The summed E-state index contributed by atoms with van der Waals surface area (Å²) in [6, 6.07) is 5.27. The average molecular weight is 473 g/mol. The molecule has 1 saturated heterocycles. The molecule has 0 spiro atoms. The third-order valence-corrected chi connectivity index (χ3v) is 6.56. The number of anilines is 2. The Kier molecular flexibility index (Phi) is 5.93. The molecule has 1 fully saturated rings. The Bertz CT molecular complexity index is 1250. The quantitative estimate of drug-likeness (QED) is 0.604. The van der Waals surface area contributed by atoms with Gasteiger partial charge in [0.1, 0.15) is 23.3 Å². The normalized spacial score (nSPS) is 18.0. The number of hydrogen-bond acceptors (Lipinski definition) is 6. The molecule has 4 aliphatic rings. The highest BCUT2D eigenvalue weighted by molar-refractivity contribution is 5.77. The van der Waals surface area contributed by atoms with Crippen LogP contribution in [0, 0.1) is 12.7 Å². The van der Waals surface area contributed by atoms with Gasteiger partial charge in [0.15, 0.2) is 5.49 Å². The largest absolute Gasteiger partial charge is 0.393 e. The maximum Gasteiger partial charge on any atom is 0.266 e. The van der Waals surface area contributed by atoms with Crippen LogP contribution in [-0.4, -0.2) is 45.4 Å². The van der Waals surface area contributed by atoms with E-state index in [4.69, 9.17) is 0 Å². The number of piperidine rings is 1. The van der Waals surface area contributed by atoms with E-state index >= 15 is 0 Å². The zero-order valence-corrected chi connectivity index (χ0v) is 19.1. The number of aliphatic hydroxyl groups excluding tert-OH is 1. The number of hydrogen-bond donors (Lipinski definition) is 2. The number of pyridine rings is 1. The molecule has 34 heavy (non-hydrogen) atoms. The average Bonchev–Trinajstić information content (AvgIpc) is 3.29. The molecule has 180 valence electrons. The fourth-order valence-corrected chi connectivity index (χ4v) is 4.78. The van der Waals surface area contributed by atoms with Crippen molar-refractivity contribution in [2.45, 2.75) is 51.8 Å². The maximum atomic E-state index is 14.8. The maximum absolute atomic E-state index is 14.8. The minimum Gasteiger partial charge on any atom is -0.393 e. The molecule has 2 N–H and O–H groups in total. The van der Waals surface area contributed by atoms with E-state index in [0.29, 0.717) is 24.2 Å². The van der Waals surface area contributed by atoms with Crippen molar-refractivity contribution in [3.63, 3.8) is 0 Å². The second-order valence-corrected chi connectivity index (χ2v) is 8.86. The van der Waals surface area contributed by atoms with E-state index < -0.39 is 23.8 Å². The van der Waals surface area contributed by atoms with E-state index in [1.54, 1.807) is 13.8 Å². The predicted molar refractivity (Wildman–Crippen MR) is 123 cm³/mol. The molecule has 4 heterocycles. The summed E-state index contributed by atoms with van der Waals surface area (Å²) >= 11 is 0. The van der Waals surface area contributed by atoms with Crippen molar-refractivity contribution in [3.05, 3.63) is 52.5 Å². The van der Waals surface area contributed by atoms with Gasteiger partial charge in [-0.05, 0) is 32.8 Å². The van der Waals surface area contributed by atoms with Gasteiger partial charge in [-0.3, -0.25) is 4.99 Å². The van der Waals surface area contributed by atoms with Gasteiger partial charge in [0.05, 0.1) is 29.0 Å². The molecule has 0 bridgehead atoms. The van der Waals surface area contributed by atoms with E-state index in [1.165, 1.54) is 12.1 Å². The number of aliphatic hydroxyl groups is 1. The Labute approximate surface area is 195 Å². The summed E-state index contributed by atoms with van der Waals surface area (Å²) in [7, 11) is 0. The number of halogens is 3. The molecule has 7 nitrogen and oxygen atoms in total. The number of nitrogens with one attached hydrogen (secondary N) is 1. The van der Waals surface area contributed by atoms with E-state index in [1.807, 2.05) is 6.07 Å². The Morgan fingerprint density at radius 1 is 1.15 bits per heavy atom. The molecule has 0 amide bonds. The Hall–Kier alpha value is -3.14. The van der Waals surface area contributed by atoms with Crippen molar-refractivity contribution in [3.8, 4) is 11.4 Å². The van der Waals surface area contributed by atoms with Crippen LogP contribution in [0.5, 0.6) is 0 Å². The first-order valence-electron chi connectivity index (χ1n) is 11.5. The van der Waals surface area contributed by atoms with E-state index in [-0.39, 0.29) is 11.7 Å². The zero-order valence-electron chi connectivity index (χ0n) is 19.1. The van der Waals surface area contributed by atoms with Crippen molar-refractivity contribution in [2.24, 2.45) is 4.99 Å². The topological polar surface area (TPSA) is 78.6 Å². The molecule has 0 radical (unpaired) electrons. The molecular formula is C24H27F3N6O. The Morgan fingerprint density at radius 3 is 2.62 bits per heavy atom. The lowest BCUT2D eigenvalue weighted by Gasteiger charge is -2.33. The fraction of sp³-hybridized carbons (Fsp3) is 0.458. The van der Waals surface area contributed by atoms with Crippen LogP contribution in [-0.2, 0) is 6.54 Å². The van der Waals surface area contributed by atoms with Gasteiger partial charge in [0, 0.05) is 31.7 Å². The van der Waals surface area contributed by atoms with Crippen LogP contribution < -0.4 is 15.7 Å². The summed E-state index contributed by atoms with van der Waals surface area (Å²) in [6.07, 6.45) is -1.81. The van der Waals surface area contributed by atoms with Crippen LogP contribution in [0.1, 0.15) is 49.2 Å². The van der Waals surface area contributed by atoms with Crippen LogP contribution in [0.25, 0.3) is 11.4 Å². The van der Waals surface area contributed by atoms with Gasteiger partial charge in [-0.2, -0.15) is 0 Å². The number of alkyl halides is 2. The third-order valence-electron chi connectivity index (χ3n) is 6.56. The summed E-state index contributed by atoms with van der Waals surface area (Å²) < 4.78 is 43.3. The molecular weight excluding hydrogens is 445 g/mol. The SMILES string of the molecule is Cc1nc2n3c(c(N4CCC(O)CC4)cc-2c(=N[C@H](C)c2cccc(C(F)F)c2F)n1)NCC3. The molecule has 5 rings (SSSR count). The summed E-state index contributed by atoms with van der Waals surface area (Å²) in [5.74, 6) is 1.28. The Morgan fingerprint density at radius 2 is 1.88 bits per heavy atom. The molecule has 1 aromatic carbocycles. The lowest BCUT2D eigenvalue weighted by Crippen LogP contribution is -2.36. The highest BCUT2D eigenvalue weighted by Crippen LogP contribution is 2.37. The Balaban J connectivity index is 1.65. The minimum absolute atomic E-state index is 0.0999. The van der Waals surface area contributed by atoms with Crippen molar-refractivity contribution in [2.75, 3.05) is 29.9 Å². The van der Waals surface area contributed by atoms with Crippen LogP contribution in [0.2, 0.25) is 0 Å². The first kappa shape index (κ1) is 22.6. The minimum atomic E-state index is -2.90. The second kappa shape index (κ2) is 8.90. The van der Waals surface area contributed by atoms with E-state index in [0.717, 1.165) is 55.1 Å². The summed E-state index contributed by atoms with van der Waals surface area (Å²) in [5, 5.41) is 13.4. The van der Waals surface area contributed by atoms with E-state index in [9.17, 15) is 18.3 Å². The highest BCUT2D eigenvalue weighted by Gasteiger charge is 2.28. The lowest BCUT2D eigenvalue weighted by atomic mass is 10.0. The van der Waals surface area contributed by atoms with Gasteiger partial charge in [-0.1, -0.05) is 18.2 Å². The van der Waals surface area contributed by atoms with Gasteiger partial charge < -0.3 is 19.9 Å². The summed E-state index contributed by atoms with van der Waals surface area (Å²) in [4.78, 5) is 16.1. The van der Waals surface area contributed by atoms with Gasteiger partial charge >= 0.3 is 0 Å². The van der Waals surface area contributed by atoms with Crippen molar-refractivity contribution < 1.29 is 18.3 Å². The van der Waals surface area contributed by atoms with Crippen LogP contribution >= 0.6 is 0 Å².